The lowest BCUT2D eigenvalue weighted by Gasteiger charge is -2.09. The first-order valence-electron chi connectivity index (χ1n) is 8.99. The van der Waals surface area contributed by atoms with Gasteiger partial charge in [0.25, 0.3) is 5.91 Å². The fourth-order valence-corrected chi connectivity index (χ4v) is 3.47. The summed E-state index contributed by atoms with van der Waals surface area (Å²) in [5.41, 5.74) is 2.85. The molecular formula is C19H22N6O. The predicted molar refractivity (Wildman–Crippen MR) is 99.3 cm³/mol. The minimum Gasteiger partial charge on any atom is -0.351 e. The molecule has 0 aliphatic carbocycles. The number of carbonyl (C=O) groups is 1. The van der Waals surface area contributed by atoms with E-state index in [1.807, 2.05) is 37.3 Å². The molecule has 3 heterocycles. The molecule has 2 N–H and O–H groups in total. The summed E-state index contributed by atoms with van der Waals surface area (Å²) < 4.78 is 1.71. The van der Waals surface area contributed by atoms with Gasteiger partial charge in [-0.3, -0.25) is 9.78 Å². The molecule has 1 aromatic carbocycles. The standard InChI is InChI=1S/C19H22N6O/c1-13-18(19(26)22-11-8-14-7-10-20-12-14)23-24-25(13)17-6-2-5-16-15(17)4-3-9-21-16/h2-6,9,14,20H,7-8,10-12H2,1H3,(H,22,26). The van der Waals surface area contributed by atoms with Crippen molar-refractivity contribution >= 4 is 16.8 Å². The van der Waals surface area contributed by atoms with E-state index in [9.17, 15) is 4.79 Å². The molecular weight excluding hydrogens is 328 g/mol. The Morgan fingerprint density at radius 2 is 2.27 bits per heavy atom. The molecule has 1 aliphatic rings. The zero-order valence-corrected chi connectivity index (χ0v) is 14.8. The van der Waals surface area contributed by atoms with E-state index >= 15 is 0 Å². The number of amides is 1. The van der Waals surface area contributed by atoms with Gasteiger partial charge in [-0.05, 0) is 63.0 Å². The highest BCUT2D eigenvalue weighted by Crippen LogP contribution is 2.21. The molecule has 7 heteroatoms. The second-order valence-corrected chi connectivity index (χ2v) is 6.69. The summed E-state index contributed by atoms with van der Waals surface area (Å²) >= 11 is 0. The highest BCUT2D eigenvalue weighted by Gasteiger charge is 2.19. The summed E-state index contributed by atoms with van der Waals surface area (Å²) in [6.45, 7) is 4.65. The molecule has 3 aromatic rings. The van der Waals surface area contributed by atoms with E-state index in [4.69, 9.17) is 0 Å². The summed E-state index contributed by atoms with van der Waals surface area (Å²) in [5.74, 6) is 0.480. The van der Waals surface area contributed by atoms with Gasteiger partial charge in [0.2, 0.25) is 0 Å². The van der Waals surface area contributed by atoms with Crippen molar-refractivity contribution in [2.45, 2.75) is 19.8 Å². The zero-order valence-electron chi connectivity index (χ0n) is 14.8. The van der Waals surface area contributed by atoms with Crippen molar-refractivity contribution < 1.29 is 4.79 Å². The number of hydrogen-bond acceptors (Lipinski definition) is 5. The Balaban J connectivity index is 1.53. The first kappa shape index (κ1) is 16.7. The lowest BCUT2D eigenvalue weighted by atomic mass is 10.1. The molecule has 1 fully saturated rings. The highest BCUT2D eigenvalue weighted by molar-refractivity contribution is 5.93. The molecule has 26 heavy (non-hydrogen) atoms. The van der Waals surface area contributed by atoms with E-state index in [1.165, 1.54) is 6.42 Å². The van der Waals surface area contributed by atoms with Gasteiger partial charge < -0.3 is 10.6 Å². The minimum absolute atomic E-state index is 0.168. The zero-order chi connectivity index (χ0) is 17.9. The van der Waals surface area contributed by atoms with Crippen LogP contribution in [0.2, 0.25) is 0 Å². The van der Waals surface area contributed by atoms with E-state index in [2.05, 4.69) is 25.9 Å². The topological polar surface area (TPSA) is 84.7 Å². The van der Waals surface area contributed by atoms with Crippen LogP contribution >= 0.6 is 0 Å². The van der Waals surface area contributed by atoms with Gasteiger partial charge in [0, 0.05) is 18.1 Å². The molecule has 0 saturated carbocycles. The maximum Gasteiger partial charge on any atom is 0.273 e. The fourth-order valence-electron chi connectivity index (χ4n) is 3.47. The van der Waals surface area contributed by atoms with Gasteiger partial charge in [0.1, 0.15) is 0 Å². The van der Waals surface area contributed by atoms with Gasteiger partial charge in [-0.2, -0.15) is 0 Å². The lowest BCUT2D eigenvalue weighted by Crippen LogP contribution is -2.27. The van der Waals surface area contributed by atoms with Crippen molar-refractivity contribution in [3.8, 4) is 5.69 Å². The van der Waals surface area contributed by atoms with Crippen molar-refractivity contribution in [1.82, 2.24) is 30.6 Å². The lowest BCUT2D eigenvalue weighted by molar-refractivity contribution is 0.0946. The second-order valence-electron chi connectivity index (χ2n) is 6.69. The highest BCUT2D eigenvalue weighted by atomic mass is 16.2. The Kier molecular flexibility index (Phi) is 4.62. The number of pyridine rings is 1. The SMILES string of the molecule is Cc1c(C(=O)NCCC2CCNC2)nnn1-c1cccc2ncccc12. The number of benzene rings is 1. The van der Waals surface area contributed by atoms with Crippen LogP contribution in [0, 0.1) is 12.8 Å². The first-order chi connectivity index (χ1) is 12.7. The van der Waals surface area contributed by atoms with Crippen LogP contribution in [0.4, 0.5) is 0 Å². The van der Waals surface area contributed by atoms with Gasteiger partial charge in [0.15, 0.2) is 5.69 Å². The summed E-state index contributed by atoms with van der Waals surface area (Å²) in [7, 11) is 0. The van der Waals surface area contributed by atoms with Crippen molar-refractivity contribution in [1.29, 1.82) is 0 Å². The molecule has 0 radical (unpaired) electrons. The normalized spacial score (nSPS) is 16.9. The Morgan fingerprint density at radius 1 is 1.35 bits per heavy atom. The molecule has 1 amide bonds. The third kappa shape index (κ3) is 3.17. The molecule has 4 rings (SSSR count). The molecule has 134 valence electrons. The molecule has 2 aromatic heterocycles. The maximum absolute atomic E-state index is 12.5. The van der Waals surface area contributed by atoms with Gasteiger partial charge >= 0.3 is 0 Å². The molecule has 0 spiro atoms. The van der Waals surface area contributed by atoms with Crippen molar-refractivity contribution in [3.63, 3.8) is 0 Å². The van der Waals surface area contributed by atoms with Crippen LogP contribution < -0.4 is 10.6 Å². The van der Waals surface area contributed by atoms with Crippen LogP contribution in [0.3, 0.4) is 0 Å². The van der Waals surface area contributed by atoms with Crippen LogP contribution in [0.15, 0.2) is 36.5 Å². The van der Waals surface area contributed by atoms with Crippen molar-refractivity contribution in [2.24, 2.45) is 5.92 Å². The number of aromatic nitrogens is 4. The quantitative estimate of drug-likeness (QED) is 0.734. The number of nitrogens with zero attached hydrogens (tertiary/aromatic N) is 4. The van der Waals surface area contributed by atoms with Gasteiger partial charge in [0.05, 0.1) is 16.9 Å². The maximum atomic E-state index is 12.5. The van der Waals surface area contributed by atoms with Crippen LogP contribution in [-0.4, -0.2) is 45.5 Å². The van der Waals surface area contributed by atoms with Crippen LogP contribution in [0.25, 0.3) is 16.6 Å². The predicted octanol–water partition coefficient (Wildman–Crippen LogP) is 1.85. The number of nitrogens with one attached hydrogen (secondary N) is 2. The molecule has 0 bridgehead atoms. The Hall–Kier alpha value is -2.80. The van der Waals surface area contributed by atoms with Gasteiger partial charge in [-0.15, -0.1) is 5.10 Å². The van der Waals surface area contributed by atoms with E-state index in [0.29, 0.717) is 18.2 Å². The molecule has 1 unspecified atom stereocenters. The van der Waals surface area contributed by atoms with Crippen molar-refractivity contribution in [2.75, 3.05) is 19.6 Å². The molecule has 1 aliphatic heterocycles. The number of rotatable bonds is 5. The number of carbonyl (C=O) groups excluding carboxylic acids is 1. The van der Waals surface area contributed by atoms with E-state index in [0.717, 1.165) is 41.8 Å². The Labute approximate surface area is 151 Å². The third-order valence-electron chi connectivity index (χ3n) is 4.96. The largest absolute Gasteiger partial charge is 0.351 e. The first-order valence-corrected chi connectivity index (χ1v) is 8.99. The van der Waals surface area contributed by atoms with Gasteiger partial charge in [-0.1, -0.05) is 11.3 Å². The number of fused-ring (bicyclic) bond motifs is 1. The van der Waals surface area contributed by atoms with Crippen LogP contribution in [0.1, 0.15) is 29.0 Å². The minimum atomic E-state index is -0.168. The third-order valence-corrected chi connectivity index (χ3v) is 4.96. The molecule has 1 atom stereocenters. The van der Waals surface area contributed by atoms with E-state index in [-0.39, 0.29) is 5.91 Å². The van der Waals surface area contributed by atoms with Crippen LogP contribution in [0.5, 0.6) is 0 Å². The Morgan fingerprint density at radius 3 is 3.12 bits per heavy atom. The Bertz CT molecular complexity index is 923. The van der Waals surface area contributed by atoms with E-state index in [1.54, 1.807) is 10.9 Å². The summed E-state index contributed by atoms with van der Waals surface area (Å²) in [6.07, 6.45) is 3.93. The smallest absolute Gasteiger partial charge is 0.273 e. The monoisotopic (exact) mass is 350 g/mol. The van der Waals surface area contributed by atoms with E-state index < -0.39 is 0 Å². The summed E-state index contributed by atoms with van der Waals surface area (Å²) in [4.78, 5) is 16.9. The molecule has 7 nitrogen and oxygen atoms in total. The number of hydrogen-bond donors (Lipinski definition) is 2. The van der Waals surface area contributed by atoms with Gasteiger partial charge in [-0.25, -0.2) is 4.68 Å². The molecule has 1 saturated heterocycles. The van der Waals surface area contributed by atoms with Crippen molar-refractivity contribution in [3.05, 3.63) is 47.9 Å². The summed E-state index contributed by atoms with van der Waals surface area (Å²) in [6, 6.07) is 9.73. The average Bonchev–Trinajstić information content (AvgIpc) is 3.31. The fraction of sp³-hybridized carbons (Fsp3) is 0.368. The second kappa shape index (κ2) is 7.21. The van der Waals surface area contributed by atoms with Crippen LogP contribution in [-0.2, 0) is 0 Å². The summed E-state index contributed by atoms with van der Waals surface area (Å²) in [5, 5.41) is 15.6. The average molecular weight is 350 g/mol.